The van der Waals surface area contributed by atoms with Crippen molar-refractivity contribution in [1.29, 1.82) is 0 Å². The molecule has 0 N–H and O–H groups in total. The number of nitrogens with zero attached hydrogens (tertiary/aromatic N) is 1. The number of fused-ring (bicyclic) bond motifs is 1. The van der Waals surface area contributed by atoms with Gasteiger partial charge in [-0.1, -0.05) is 0 Å². The number of Topliss-reactive ketones (excluding diaryl/α,β-unsaturated/α-hetero) is 1. The zero-order chi connectivity index (χ0) is 10.3. The van der Waals surface area contributed by atoms with Crippen molar-refractivity contribution in [3.8, 4) is 0 Å². The summed E-state index contributed by atoms with van der Waals surface area (Å²) in [6.45, 7) is 2.57. The fraction of sp³-hybridized carbons (Fsp3) is 0.500. The van der Waals surface area contributed by atoms with Crippen LogP contribution in [-0.4, -0.2) is 30.3 Å². The summed E-state index contributed by atoms with van der Waals surface area (Å²) in [4.78, 5) is 13.8. The van der Waals surface area contributed by atoms with Crippen molar-refractivity contribution in [2.45, 2.75) is 19.4 Å². The Morgan fingerprint density at radius 3 is 3.07 bits per heavy atom. The SMILES string of the molecule is CC1Cc2oc(Br)cc2C(=O)CN1C. The van der Waals surface area contributed by atoms with E-state index in [-0.39, 0.29) is 5.78 Å². The maximum Gasteiger partial charge on any atom is 0.180 e. The van der Waals surface area contributed by atoms with Crippen LogP contribution in [-0.2, 0) is 6.42 Å². The van der Waals surface area contributed by atoms with Gasteiger partial charge in [-0.15, -0.1) is 0 Å². The van der Waals surface area contributed by atoms with Crippen LogP contribution >= 0.6 is 15.9 Å². The minimum Gasteiger partial charge on any atom is -0.454 e. The van der Waals surface area contributed by atoms with E-state index in [0.29, 0.717) is 17.3 Å². The molecule has 0 saturated heterocycles. The summed E-state index contributed by atoms with van der Waals surface area (Å²) in [5.74, 6) is 0.944. The highest BCUT2D eigenvalue weighted by molar-refractivity contribution is 9.10. The molecule has 0 saturated carbocycles. The molecule has 3 nitrogen and oxygen atoms in total. The fourth-order valence-corrected chi connectivity index (χ4v) is 2.10. The molecule has 4 heteroatoms. The lowest BCUT2D eigenvalue weighted by Crippen LogP contribution is -2.32. The van der Waals surface area contributed by atoms with Crippen molar-refractivity contribution in [3.05, 3.63) is 22.1 Å². The number of halogens is 1. The maximum atomic E-state index is 11.8. The van der Waals surface area contributed by atoms with E-state index in [1.807, 2.05) is 11.9 Å². The summed E-state index contributed by atoms with van der Waals surface area (Å²) < 4.78 is 6.09. The Labute approximate surface area is 91.2 Å². The van der Waals surface area contributed by atoms with Crippen molar-refractivity contribution in [1.82, 2.24) is 4.90 Å². The number of furan rings is 1. The van der Waals surface area contributed by atoms with Gasteiger partial charge in [0.25, 0.3) is 0 Å². The van der Waals surface area contributed by atoms with Crippen molar-refractivity contribution < 1.29 is 9.21 Å². The first-order chi connectivity index (χ1) is 6.58. The van der Waals surface area contributed by atoms with Gasteiger partial charge < -0.3 is 4.42 Å². The molecular formula is C10H12BrNO2. The molecule has 1 unspecified atom stereocenters. The molecule has 0 amide bonds. The second-order valence-corrected chi connectivity index (χ2v) is 4.56. The Hall–Kier alpha value is -0.610. The maximum absolute atomic E-state index is 11.8. The Morgan fingerprint density at radius 1 is 1.64 bits per heavy atom. The number of hydrogen-bond donors (Lipinski definition) is 0. The highest BCUT2D eigenvalue weighted by Gasteiger charge is 2.26. The average Bonchev–Trinajstić information content (AvgIpc) is 2.42. The molecule has 0 bridgehead atoms. The van der Waals surface area contributed by atoms with Crippen LogP contribution in [0, 0.1) is 0 Å². The zero-order valence-corrected chi connectivity index (χ0v) is 9.80. The smallest absolute Gasteiger partial charge is 0.180 e. The van der Waals surface area contributed by atoms with Gasteiger partial charge in [0, 0.05) is 18.5 Å². The van der Waals surface area contributed by atoms with Crippen LogP contribution in [0.1, 0.15) is 23.0 Å². The van der Waals surface area contributed by atoms with Crippen molar-refractivity contribution in [3.63, 3.8) is 0 Å². The van der Waals surface area contributed by atoms with Gasteiger partial charge in [0.2, 0.25) is 0 Å². The Kier molecular flexibility index (Phi) is 2.49. The number of rotatable bonds is 0. The quantitative estimate of drug-likeness (QED) is 0.714. The van der Waals surface area contributed by atoms with Gasteiger partial charge in [-0.25, -0.2) is 0 Å². The summed E-state index contributed by atoms with van der Waals surface area (Å²) in [6.07, 6.45) is 0.795. The van der Waals surface area contributed by atoms with Crippen LogP contribution in [0.25, 0.3) is 0 Å². The zero-order valence-electron chi connectivity index (χ0n) is 8.21. The Bertz CT molecular complexity index is 372. The molecule has 1 aliphatic rings. The predicted molar refractivity (Wildman–Crippen MR) is 56.5 cm³/mol. The van der Waals surface area contributed by atoms with Crippen molar-refractivity contribution in [2.75, 3.05) is 13.6 Å². The van der Waals surface area contributed by atoms with Crippen LogP contribution < -0.4 is 0 Å². The molecular weight excluding hydrogens is 246 g/mol. The molecule has 1 atom stereocenters. The predicted octanol–water partition coefficient (Wildman–Crippen LogP) is 2.10. The molecule has 1 aromatic rings. The first-order valence-electron chi connectivity index (χ1n) is 4.59. The molecule has 0 fully saturated rings. The van der Waals surface area contributed by atoms with Gasteiger partial charge in [-0.05, 0) is 29.9 Å². The summed E-state index contributed by atoms with van der Waals surface area (Å²) in [7, 11) is 1.96. The van der Waals surface area contributed by atoms with Gasteiger partial charge in [0.1, 0.15) is 5.76 Å². The van der Waals surface area contributed by atoms with Gasteiger partial charge in [0.05, 0.1) is 12.1 Å². The lowest BCUT2D eigenvalue weighted by Gasteiger charge is -2.19. The number of ketones is 1. The Morgan fingerprint density at radius 2 is 2.36 bits per heavy atom. The van der Waals surface area contributed by atoms with E-state index in [0.717, 1.165) is 17.7 Å². The van der Waals surface area contributed by atoms with Gasteiger partial charge >= 0.3 is 0 Å². The minimum atomic E-state index is 0.140. The van der Waals surface area contributed by atoms with Gasteiger partial charge in [-0.3, -0.25) is 9.69 Å². The minimum absolute atomic E-state index is 0.140. The molecule has 2 heterocycles. The monoisotopic (exact) mass is 257 g/mol. The summed E-state index contributed by atoms with van der Waals surface area (Å²) in [5.41, 5.74) is 0.730. The van der Waals surface area contributed by atoms with Gasteiger partial charge in [0.15, 0.2) is 10.5 Å². The molecule has 14 heavy (non-hydrogen) atoms. The van der Waals surface area contributed by atoms with E-state index < -0.39 is 0 Å². The standard InChI is InChI=1S/C10H12BrNO2/c1-6-3-9-7(4-10(11)14-9)8(13)5-12(6)2/h4,6H,3,5H2,1-2H3. The second kappa shape index (κ2) is 3.51. The van der Waals surface area contributed by atoms with Crippen LogP contribution in [0.2, 0.25) is 0 Å². The Balaban J connectivity index is 2.41. The number of hydrogen-bond acceptors (Lipinski definition) is 3. The molecule has 1 aromatic heterocycles. The number of carbonyl (C=O) groups is 1. The lowest BCUT2D eigenvalue weighted by atomic mass is 10.1. The van der Waals surface area contributed by atoms with Crippen molar-refractivity contribution >= 4 is 21.7 Å². The summed E-state index contributed by atoms with van der Waals surface area (Å²) in [6, 6.07) is 2.11. The van der Waals surface area contributed by atoms with E-state index in [1.54, 1.807) is 6.07 Å². The van der Waals surface area contributed by atoms with Crippen molar-refractivity contribution in [2.24, 2.45) is 0 Å². The molecule has 76 valence electrons. The largest absolute Gasteiger partial charge is 0.454 e. The van der Waals surface area contributed by atoms with E-state index >= 15 is 0 Å². The van der Waals surface area contributed by atoms with E-state index in [1.165, 1.54) is 0 Å². The normalized spacial score (nSPS) is 23.4. The van der Waals surface area contributed by atoms with Crippen LogP contribution in [0.4, 0.5) is 0 Å². The average molecular weight is 258 g/mol. The molecule has 0 spiro atoms. The van der Waals surface area contributed by atoms with Gasteiger partial charge in [-0.2, -0.15) is 0 Å². The van der Waals surface area contributed by atoms with Crippen LogP contribution in [0.3, 0.4) is 0 Å². The molecule has 0 aromatic carbocycles. The van der Waals surface area contributed by atoms with E-state index in [4.69, 9.17) is 4.42 Å². The molecule has 1 aliphatic heterocycles. The topological polar surface area (TPSA) is 33.5 Å². The lowest BCUT2D eigenvalue weighted by molar-refractivity contribution is 0.0936. The van der Waals surface area contributed by atoms with Crippen LogP contribution in [0.15, 0.2) is 15.2 Å². The third-order valence-electron chi connectivity index (χ3n) is 2.71. The second-order valence-electron chi connectivity index (χ2n) is 3.78. The molecule has 0 radical (unpaired) electrons. The molecule has 0 aliphatic carbocycles. The summed E-state index contributed by atoms with van der Waals surface area (Å²) >= 11 is 3.25. The first-order valence-corrected chi connectivity index (χ1v) is 5.39. The van der Waals surface area contributed by atoms with E-state index in [9.17, 15) is 4.79 Å². The van der Waals surface area contributed by atoms with Crippen LogP contribution in [0.5, 0.6) is 0 Å². The highest BCUT2D eigenvalue weighted by atomic mass is 79.9. The third-order valence-corrected chi connectivity index (χ3v) is 3.10. The highest BCUT2D eigenvalue weighted by Crippen LogP contribution is 2.25. The molecule has 2 rings (SSSR count). The fourth-order valence-electron chi connectivity index (χ4n) is 1.68. The summed E-state index contributed by atoms with van der Waals surface area (Å²) in [5, 5.41) is 0. The number of carbonyl (C=O) groups excluding carboxylic acids is 1. The third kappa shape index (κ3) is 1.64. The van der Waals surface area contributed by atoms with E-state index in [2.05, 4.69) is 22.9 Å². The number of likely N-dealkylation sites (N-methyl/N-ethyl adjacent to an activating group) is 1. The first kappa shape index (κ1) is 9.93.